The zero-order chi connectivity index (χ0) is 9.35. The van der Waals surface area contributed by atoms with E-state index in [1.165, 1.54) is 10.8 Å². The number of anilines is 1. The van der Waals surface area contributed by atoms with Crippen LogP contribution in [0.5, 0.6) is 0 Å². The molecule has 5 nitrogen and oxygen atoms in total. The second kappa shape index (κ2) is 2.78. The van der Waals surface area contributed by atoms with E-state index in [4.69, 9.17) is 5.73 Å². The fraction of sp³-hybridized carbons (Fsp3) is 0.500. The summed E-state index contributed by atoms with van der Waals surface area (Å²) >= 11 is 0. The van der Waals surface area contributed by atoms with Crippen LogP contribution >= 0.6 is 0 Å². The molecule has 6 heteroatoms. The molecule has 1 aromatic rings. The third kappa shape index (κ3) is 1.29. The number of nitrogen functional groups attached to an aromatic ring is 1. The molecule has 0 aliphatic heterocycles. The van der Waals surface area contributed by atoms with Crippen LogP contribution in [0.1, 0.15) is 6.92 Å². The van der Waals surface area contributed by atoms with Gasteiger partial charge in [0, 0.05) is 7.05 Å². The van der Waals surface area contributed by atoms with Gasteiger partial charge in [-0.2, -0.15) is 0 Å². The van der Waals surface area contributed by atoms with Gasteiger partial charge < -0.3 is 10.3 Å². The molecule has 0 aliphatic rings. The molecular weight excluding hydrogens is 178 g/mol. The van der Waals surface area contributed by atoms with Gasteiger partial charge in [-0.15, -0.1) is 0 Å². The highest BCUT2D eigenvalue weighted by atomic mass is 32.2. The van der Waals surface area contributed by atoms with Crippen LogP contribution < -0.4 is 5.73 Å². The highest BCUT2D eigenvalue weighted by molar-refractivity contribution is 7.91. The maximum atomic E-state index is 11.3. The number of nitrogens with zero attached hydrogens (tertiary/aromatic N) is 2. The quantitative estimate of drug-likeness (QED) is 0.698. The van der Waals surface area contributed by atoms with Gasteiger partial charge in [-0.25, -0.2) is 13.4 Å². The first kappa shape index (κ1) is 9.05. The number of hydrogen-bond donors (Lipinski definition) is 1. The summed E-state index contributed by atoms with van der Waals surface area (Å²) in [7, 11) is -1.66. The Kier molecular flexibility index (Phi) is 2.10. The number of hydrogen-bond acceptors (Lipinski definition) is 4. The fourth-order valence-corrected chi connectivity index (χ4v) is 1.82. The van der Waals surface area contributed by atoms with Crippen molar-refractivity contribution in [3.63, 3.8) is 0 Å². The highest BCUT2D eigenvalue weighted by Crippen LogP contribution is 2.11. The van der Waals surface area contributed by atoms with Crippen molar-refractivity contribution in [1.29, 1.82) is 0 Å². The van der Waals surface area contributed by atoms with Crippen molar-refractivity contribution in [1.82, 2.24) is 9.55 Å². The topological polar surface area (TPSA) is 78.0 Å². The SMILES string of the molecule is CCS(=O)(=O)c1ncc(N)n1C. The minimum Gasteiger partial charge on any atom is -0.384 e. The Hall–Kier alpha value is -1.04. The fourth-order valence-electron chi connectivity index (χ4n) is 0.823. The van der Waals surface area contributed by atoms with Crippen molar-refractivity contribution in [2.75, 3.05) is 11.5 Å². The maximum absolute atomic E-state index is 11.3. The summed E-state index contributed by atoms with van der Waals surface area (Å²) in [4.78, 5) is 3.71. The molecule has 0 aliphatic carbocycles. The summed E-state index contributed by atoms with van der Waals surface area (Å²) in [6.07, 6.45) is 1.34. The first-order chi connectivity index (χ1) is 5.49. The highest BCUT2D eigenvalue weighted by Gasteiger charge is 2.17. The van der Waals surface area contributed by atoms with Crippen LogP contribution in [0.25, 0.3) is 0 Å². The number of imidazole rings is 1. The lowest BCUT2D eigenvalue weighted by molar-refractivity contribution is 0.581. The molecule has 0 radical (unpaired) electrons. The van der Waals surface area contributed by atoms with Gasteiger partial charge in [0.15, 0.2) is 0 Å². The molecule has 1 heterocycles. The monoisotopic (exact) mass is 189 g/mol. The minimum atomic E-state index is -3.24. The van der Waals surface area contributed by atoms with Crippen LogP contribution in [0, 0.1) is 0 Å². The summed E-state index contributed by atoms with van der Waals surface area (Å²) < 4.78 is 24.0. The Balaban J connectivity index is 3.30. The number of sulfone groups is 1. The van der Waals surface area contributed by atoms with Crippen LogP contribution in [-0.4, -0.2) is 23.7 Å². The summed E-state index contributed by atoms with van der Waals surface area (Å²) in [5.41, 5.74) is 5.43. The third-order valence-electron chi connectivity index (χ3n) is 1.64. The maximum Gasteiger partial charge on any atom is 0.228 e. The molecule has 12 heavy (non-hydrogen) atoms. The number of nitrogens with two attached hydrogens (primary N) is 1. The zero-order valence-electron chi connectivity index (χ0n) is 6.98. The standard InChI is InChI=1S/C6H11N3O2S/c1-3-12(10,11)6-8-4-5(7)9(6)2/h4H,3,7H2,1-2H3. The molecule has 0 unspecified atom stereocenters. The van der Waals surface area contributed by atoms with E-state index >= 15 is 0 Å². The van der Waals surface area contributed by atoms with E-state index in [9.17, 15) is 8.42 Å². The van der Waals surface area contributed by atoms with Gasteiger partial charge in [0.25, 0.3) is 0 Å². The molecule has 0 aromatic carbocycles. The molecular formula is C6H11N3O2S. The van der Waals surface area contributed by atoms with Gasteiger partial charge in [-0.3, -0.25) is 0 Å². The van der Waals surface area contributed by atoms with E-state index < -0.39 is 9.84 Å². The normalized spacial score (nSPS) is 11.8. The van der Waals surface area contributed by atoms with Crippen LogP contribution in [0.2, 0.25) is 0 Å². The smallest absolute Gasteiger partial charge is 0.228 e. The molecule has 0 bridgehead atoms. The van der Waals surface area contributed by atoms with Gasteiger partial charge >= 0.3 is 0 Å². The average Bonchev–Trinajstić information content (AvgIpc) is 2.33. The number of rotatable bonds is 2. The summed E-state index contributed by atoms with van der Waals surface area (Å²) in [6, 6.07) is 0. The van der Waals surface area contributed by atoms with Crippen molar-refractivity contribution in [2.24, 2.45) is 7.05 Å². The van der Waals surface area contributed by atoms with E-state index in [2.05, 4.69) is 4.98 Å². The molecule has 0 spiro atoms. The molecule has 1 rings (SSSR count). The van der Waals surface area contributed by atoms with E-state index in [0.29, 0.717) is 5.82 Å². The molecule has 2 N–H and O–H groups in total. The Labute approximate surface area is 71.1 Å². The second-order valence-electron chi connectivity index (χ2n) is 2.43. The van der Waals surface area contributed by atoms with Crippen molar-refractivity contribution in [3.05, 3.63) is 6.20 Å². The van der Waals surface area contributed by atoms with Crippen LogP contribution in [-0.2, 0) is 16.9 Å². The van der Waals surface area contributed by atoms with Crippen molar-refractivity contribution in [3.8, 4) is 0 Å². The second-order valence-corrected chi connectivity index (χ2v) is 4.60. The Morgan fingerprint density at radius 1 is 1.67 bits per heavy atom. The van der Waals surface area contributed by atoms with Crippen LogP contribution in [0.4, 0.5) is 5.82 Å². The predicted octanol–water partition coefficient (Wildman–Crippen LogP) is -0.204. The largest absolute Gasteiger partial charge is 0.384 e. The third-order valence-corrected chi connectivity index (χ3v) is 3.34. The molecule has 0 saturated heterocycles. The molecule has 1 aromatic heterocycles. The molecule has 0 saturated carbocycles. The van der Waals surface area contributed by atoms with Crippen LogP contribution in [0.3, 0.4) is 0 Å². The van der Waals surface area contributed by atoms with Crippen molar-refractivity contribution in [2.45, 2.75) is 12.1 Å². The lowest BCUT2D eigenvalue weighted by atomic mass is 10.8. The Bertz CT molecular complexity index is 379. The van der Waals surface area contributed by atoms with Crippen LogP contribution in [0.15, 0.2) is 11.4 Å². The minimum absolute atomic E-state index is 0.0301. The summed E-state index contributed by atoms with van der Waals surface area (Å²) in [5.74, 6) is 0.388. The van der Waals surface area contributed by atoms with E-state index in [1.54, 1.807) is 14.0 Å². The van der Waals surface area contributed by atoms with Gasteiger partial charge in [0.1, 0.15) is 5.82 Å². The van der Waals surface area contributed by atoms with Gasteiger partial charge in [-0.05, 0) is 0 Å². The van der Waals surface area contributed by atoms with Gasteiger partial charge in [-0.1, -0.05) is 6.92 Å². The lowest BCUT2D eigenvalue weighted by Gasteiger charge is -2.01. The zero-order valence-corrected chi connectivity index (χ0v) is 7.80. The number of aromatic nitrogens is 2. The lowest BCUT2D eigenvalue weighted by Crippen LogP contribution is -2.11. The summed E-state index contributed by atoms with van der Waals surface area (Å²) in [5, 5.41) is 0.0301. The average molecular weight is 189 g/mol. The Morgan fingerprint density at radius 2 is 2.25 bits per heavy atom. The first-order valence-electron chi connectivity index (χ1n) is 3.49. The summed E-state index contributed by atoms with van der Waals surface area (Å²) in [6.45, 7) is 1.57. The first-order valence-corrected chi connectivity index (χ1v) is 5.14. The molecule has 68 valence electrons. The van der Waals surface area contributed by atoms with E-state index in [1.807, 2.05) is 0 Å². The predicted molar refractivity (Wildman–Crippen MR) is 45.3 cm³/mol. The molecule has 0 atom stereocenters. The van der Waals surface area contributed by atoms with Gasteiger partial charge in [0.2, 0.25) is 15.0 Å². The molecule has 0 fully saturated rings. The van der Waals surface area contributed by atoms with Crippen molar-refractivity contribution >= 4 is 15.7 Å². The van der Waals surface area contributed by atoms with E-state index in [-0.39, 0.29) is 10.9 Å². The van der Waals surface area contributed by atoms with Crippen molar-refractivity contribution < 1.29 is 8.42 Å². The van der Waals surface area contributed by atoms with Gasteiger partial charge in [0.05, 0.1) is 11.9 Å². The van der Waals surface area contributed by atoms with E-state index in [0.717, 1.165) is 0 Å². The molecule has 0 amide bonds. The Morgan fingerprint density at radius 3 is 2.58 bits per heavy atom.